The molecule has 3 aromatic rings. The number of rotatable bonds is 7. The van der Waals surface area contributed by atoms with Gasteiger partial charge in [-0.15, -0.1) is 24.5 Å². The summed E-state index contributed by atoms with van der Waals surface area (Å²) >= 11 is 4.67. The molecule has 0 bridgehead atoms. The molecule has 0 atom stereocenters. The minimum atomic E-state index is -4.78. The molecule has 1 amide bonds. The first-order valence-corrected chi connectivity index (χ1v) is 11.8. The third kappa shape index (κ3) is 5.92. The Balaban J connectivity index is 1.69. The Bertz CT molecular complexity index is 1270. The lowest BCUT2D eigenvalue weighted by atomic mass is 10.1. The van der Waals surface area contributed by atoms with Crippen LogP contribution in [0.1, 0.15) is 13.3 Å². The van der Waals surface area contributed by atoms with E-state index < -0.39 is 6.36 Å². The van der Waals surface area contributed by atoms with E-state index in [0.717, 1.165) is 11.3 Å². The Labute approximate surface area is 204 Å². The molecule has 12 heteroatoms. The molecule has 180 valence electrons. The summed E-state index contributed by atoms with van der Waals surface area (Å²) in [4.78, 5) is 16.5. The number of fused-ring (bicyclic) bond motifs is 1. The number of benzene rings is 2. The van der Waals surface area contributed by atoms with Gasteiger partial charge >= 0.3 is 6.36 Å². The van der Waals surface area contributed by atoms with E-state index in [9.17, 15) is 18.0 Å². The summed E-state index contributed by atoms with van der Waals surface area (Å²) in [6.45, 7) is 2.67. The van der Waals surface area contributed by atoms with Crippen molar-refractivity contribution in [2.24, 2.45) is 4.99 Å². The van der Waals surface area contributed by atoms with Gasteiger partial charge in [0.2, 0.25) is 12.7 Å². The highest BCUT2D eigenvalue weighted by molar-refractivity contribution is 9.10. The van der Waals surface area contributed by atoms with Crippen LogP contribution in [0.25, 0.3) is 11.3 Å². The van der Waals surface area contributed by atoms with Crippen LogP contribution in [0.15, 0.2) is 51.2 Å². The van der Waals surface area contributed by atoms with Gasteiger partial charge in [-0.05, 0) is 58.7 Å². The van der Waals surface area contributed by atoms with E-state index in [0.29, 0.717) is 46.0 Å². The van der Waals surface area contributed by atoms with Crippen LogP contribution < -0.4 is 24.3 Å². The molecule has 1 N–H and O–H groups in total. The van der Waals surface area contributed by atoms with Crippen LogP contribution in [-0.4, -0.2) is 30.2 Å². The smallest absolute Gasteiger partial charge is 0.454 e. The number of halogens is 4. The van der Waals surface area contributed by atoms with Crippen molar-refractivity contribution >= 4 is 38.9 Å². The number of hydrogen-bond acceptors (Lipinski definition) is 6. The number of carbonyl (C=O) groups excluding carboxylic acids is 1. The van der Waals surface area contributed by atoms with E-state index in [1.807, 2.05) is 28.1 Å². The molecular formula is C22H19BrF3N3O4S. The third-order valence-electron chi connectivity index (χ3n) is 4.77. The number of nitrogens with one attached hydrogen (secondary N) is 1. The summed E-state index contributed by atoms with van der Waals surface area (Å²) < 4.78 is 54.7. The number of ether oxygens (including phenoxy) is 3. The van der Waals surface area contributed by atoms with E-state index in [1.165, 1.54) is 36.5 Å². The zero-order valence-corrected chi connectivity index (χ0v) is 20.2. The largest absolute Gasteiger partial charge is 0.573 e. The molecule has 0 radical (unpaired) electrons. The monoisotopic (exact) mass is 557 g/mol. The second-order valence-electron chi connectivity index (χ2n) is 7.23. The van der Waals surface area contributed by atoms with E-state index >= 15 is 0 Å². The van der Waals surface area contributed by atoms with Gasteiger partial charge < -0.3 is 24.1 Å². The summed E-state index contributed by atoms with van der Waals surface area (Å²) in [5.41, 5.74) is 2.23. The molecule has 0 saturated carbocycles. The second kappa shape index (κ2) is 10.1. The van der Waals surface area contributed by atoms with Gasteiger partial charge in [0.05, 0.1) is 11.4 Å². The van der Waals surface area contributed by atoms with Crippen molar-refractivity contribution in [3.63, 3.8) is 0 Å². The first kappa shape index (κ1) is 24.1. The van der Waals surface area contributed by atoms with Crippen LogP contribution in [0, 0.1) is 0 Å². The number of alkyl halides is 3. The lowest BCUT2D eigenvalue weighted by Crippen LogP contribution is -2.24. The Morgan fingerprint density at radius 1 is 1.24 bits per heavy atom. The average Bonchev–Trinajstić information content (AvgIpc) is 3.38. The van der Waals surface area contributed by atoms with E-state index in [-0.39, 0.29) is 18.4 Å². The first-order chi connectivity index (χ1) is 16.2. The maximum atomic E-state index is 12.5. The molecule has 0 unspecified atom stereocenters. The summed E-state index contributed by atoms with van der Waals surface area (Å²) in [6.07, 6.45) is -4.12. The fourth-order valence-electron chi connectivity index (χ4n) is 3.30. The zero-order valence-electron chi connectivity index (χ0n) is 17.8. The third-order valence-corrected chi connectivity index (χ3v) is 6.27. The Hall–Kier alpha value is -2.99. The molecule has 2 heterocycles. The van der Waals surface area contributed by atoms with Crippen molar-refractivity contribution in [3.8, 4) is 28.5 Å². The number of nitrogens with zero attached hydrogens (tertiary/aromatic N) is 2. The zero-order chi connectivity index (χ0) is 24.3. The fourth-order valence-corrected chi connectivity index (χ4v) is 4.70. The van der Waals surface area contributed by atoms with E-state index in [2.05, 4.69) is 31.0 Å². The molecule has 2 aromatic carbocycles. The lowest BCUT2D eigenvalue weighted by Gasteiger charge is -2.11. The van der Waals surface area contributed by atoms with Crippen LogP contribution in [0.2, 0.25) is 0 Å². The SMILES string of the molecule is CC(=O)NCCCn1c(-c2ccc3c(c2)OCO3)csc1=Nc1ccc(OC(F)(F)F)cc1Br. The van der Waals surface area contributed by atoms with Crippen molar-refractivity contribution in [2.45, 2.75) is 26.3 Å². The van der Waals surface area contributed by atoms with Gasteiger partial charge in [-0.2, -0.15) is 0 Å². The van der Waals surface area contributed by atoms with Crippen molar-refractivity contribution in [1.82, 2.24) is 9.88 Å². The van der Waals surface area contributed by atoms with Crippen LogP contribution >= 0.6 is 27.3 Å². The normalized spacial score (nSPS) is 13.3. The summed E-state index contributed by atoms with van der Waals surface area (Å²) in [6, 6.07) is 9.53. The Morgan fingerprint density at radius 3 is 2.76 bits per heavy atom. The predicted octanol–water partition coefficient (Wildman–Crippen LogP) is 5.37. The highest BCUT2D eigenvalue weighted by Gasteiger charge is 2.31. The highest BCUT2D eigenvalue weighted by atomic mass is 79.9. The van der Waals surface area contributed by atoms with Gasteiger partial charge in [-0.3, -0.25) is 4.79 Å². The first-order valence-electron chi connectivity index (χ1n) is 10.1. The van der Waals surface area contributed by atoms with Crippen molar-refractivity contribution in [2.75, 3.05) is 13.3 Å². The van der Waals surface area contributed by atoms with Crippen molar-refractivity contribution < 1.29 is 32.2 Å². The van der Waals surface area contributed by atoms with Crippen molar-refractivity contribution in [1.29, 1.82) is 0 Å². The topological polar surface area (TPSA) is 74.1 Å². The minimum absolute atomic E-state index is 0.110. The number of amides is 1. The van der Waals surface area contributed by atoms with Crippen LogP contribution in [0.4, 0.5) is 18.9 Å². The number of hydrogen-bond donors (Lipinski definition) is 1. The molecule has 0 aliphatic carbocycles. The molecule has 0 fully saturated rings. The van der Waals surface area contributed by atoms with Crippen LogP contribution in [0.3, 0.4) is 0 Å². The van der Waals surface area contributed by atoms with Gasteiger partial charge in [-0.25, -0.2) is 4.99 Å². The summed E-state index contributed by atoms with van der Waals surface area (Å²) in [7, 11) is 0. The molecule has 7 nitrogen and oxygen atoms in total. The van der Waals surface area contributed by atoms with Gasteiger partial charge in [0.15, 0.2) is 16.3 Å². The molecule has 0 saturated heterocycles. The minimum Gasteiger partial charge on any atom is -0.454 e. The summed E-state index contributed by atoms with van der Waals surface area (Å²) in [5, 5.41) is 4.72. The van der Waals surface area contributed by atoms with Crippen LogP contribution in [0.5, 0.6) is 17.2 Å². The van der Waals surface area contributed by atoms with Gasteiger partial charge in [0.1, 0.15) is 5.75 Å². The molecular weight excluding hydrogens is 539 g/mol. The maximum absolute atomic E-state index is 12.5. The molecule has 4 rings (SSSR count). The average molecular weight is 558 g/mol. The number of carbonyl (C=O) groups is 1. The quantitative estimate of drug-likeness (QED) is 0.396. The lowest BCUT2D eigenvalue weighted by molar-refractivity contribution is -0.274. The fraction of sp³-hybridized carbons (Fsp3) is 0.273. The highest BCUT2D eigenvalue weighted by Crippen LogP contribution is 2.36. The molecule has 1 aromatic heterocycles. The summed E-state index contributed by atoms with van der Waals surface area (Å²) in [5.74, 6) is 0.872. The Kier molecular flexibility index (Phi) is 7.17. The molecule has 34 heavy (non-hydrogen) atoms. The molecule has 0 spiro atoms. The van der Waals surface area contributed by atoms with Gasteiger partial charge in [0.25, 0.3) is 0 Å². The van der Waals surface area contributed by atoms with E-state index in [1.54, 1.807) is 0 Å². The van der Waals surface area contributed by atoms with Gasteiger partial charge in [0, 0.05) is 35.4 Å². The number of aromatic nitrogens is 1. The van der Waals surface area contributed by atoms with Crippen molar-refractivity contribution in [3.05, 3.63) is 51.1 Å². The molecule has 1 aliphatic heterocycles. The molecule has 1 aliphatic rings. The number of thiazole rings is 1. The van der Waals surface area contributed by atoms with Crippen LogP contribution in [-0.2, 0) is 11.3 Å². The maximum Gasteiger partial charge on any atom is 0.573 e. The Morgan fingerprint density at radius 2 is 2.03 bits per heavy atom. The van der Waals surface area contributed by atoms with E-state index in [4.69, 9.17) is 9.47 Å². The predicted molar refractivity (Wildman–Crippen MR) is 123 cm³/mol. The second-order valence-corrected chi connectivity index (χ2v) is 8.92. The standard InChI is InChI=1S/C22H19BrF3N3O4S/c1-13(30)27-7-2-8-29-18(14-3-6-19-20(9-14)32-12-31-19)11-34-21(29)28-17-5-4-15(10-16(17)23)33-22(24,25)26/h3-6,9-11H,2,7-8,12H2,1H3,(H,27,30). The van der Waals surface area contributed by atoms with Gasteiger partial charge in [-0.1, -0.05) is 0 Å².